The summed E-state index contributed by atoms with van der Waals surface area (Å²) in [5.41, 5.74) is 0. The van der Waals surface area contributed by atoms with Crippen LogP contribution in [0.3, 0.4) is 0 Å². The molecule has 0 aromatic rings. The Bertz CT molecular complexity index is 59.4. The summed E-state index contributed by atoms with van der Waals surface area (Å²) in [6, 6.07) is 0. The Hall–Kier alpha value is 0.608. The minimum absolute atomic E-state index is 0. The molecule has 0 aromatic heterocycles. The molecule has 1 aliphatic rings. The molecular weight excluding hydrogens is 283 g/mol. The summed E-state index contributed by atoms with van der Waals surface area (Å²) >= 11 is 0. The van der Waals surface area contributed by atoms with Crippen molar-refractivity contribution >= 4 is 0 Å². The van der Waals surface area contributed by atoms with E-state index in [0.29, 0.717) is 0 Å². The third-order valence-electron chi connectivity index (χ3n) is 1.37. The zero-order valence-corrected chi connectivity index (χ0v) is 7.60. The molecule has 0 spiro atoms. The van der Waals surface area contributed by atoms with Crippen LogP contribution in [0.15, 0.2) is 0 Å². The maximum Gasteiger partial charge on any atom is 2.00 e. The molecule has 0 N–H and O–H groups in total. The Morgan fingerprint density at radius 2 is 1.50 bits per heavy atom. The van der Waals surface area contributed by atoms with Gasteiger partial charge in [0, 0.05) is 13.1 Å². The van der Waals surface area contributed by atoms with Gasteiger partial charge in [0.2, 0.25) is 0 Å². The Balaban J connectivity index is 0.000000490. The summed E-state index contributed by atoms with van der Waals surface area (Å²) in [5, 5.41) is 4.61. The van der Waals surface area contributed by atoms with Crippen molar-refractivity contribution in [3.63, 3.8) is 0 Å². The Morgan fingerprint density at radius 3 is 1.62 bits per heavy atom. The molecule has 1 fully saturated rings. The molecule has 0 bridgehead atoms. The van der Waals surface area contributed by atoms with E-state index in [0.717, 1.165) is 0 Å². The van der Waals surface area contributed by atoms with Crippen LogP contribution in [0.4, 0.5) is 0 Å². The maximum atomic E-state index is 2.31. The van der Waals surface area contributed by atoms with Crippen LogP contribution in [0.1, 0.15) is 13.8 Å². The second kappa shape index (κ2) is 3.60. The average Bonchev–Trinajstić information content (AvgIpc) is 2.43. The second-order valence-corrected chi connectivity index (χ2v) is 1.79. The van der Waals surface area contributed by atoms with Crippen LogP contribution < -0.4 is 0 Å². The Morgan fingerprint density at radius 1 is 1.12 bits per heavy atom. The van der Waals surface area contributed by atoms with Crippen LogP contribution in [0.25, 0.3) is 0 Å². The van der Waals surface area contributed by atoms with Gasteiger partial charge >= 0.3 is 21.1 Å². The van der Waals surface area contributed by atoms with Gasteiger partial charge in [-0.15, -0.1) is 0 Å². The molecular formula is C5H12N2Pt+2. The molecule has 0 amide bonds. The topological polar surface area (TPSA) is 6.02 Å². The fourth-order valence-electron chi connectivity index (χ4n) is 0.760. The molecule has 8 heavy (non-hydrogen) atoms. The van der Waals surface area contributed by atoms with Crippen molar-refractivity contribution in [3.8, 4) is 0 Å². The number of hydrogen-bond acceptors (Lipinski definition) is 2. The summed E-state index contributed by atoms with van der Waals surface area (Å²) in [6.45, 7) is 7.89. The average molecular weight is 295 g/mol. The SMILES string of the molecule is CCN1CN1CC.[Pt+2]. The first kappa shape index (κ1) is 8.61. The molecule has 2 nitrogen and oxygen atoms in total. The van der Waals surface area contributed by atoms with Gasteiger partial charge in [0.15, 0.2) is 0 Å². The van der Waals surface area contributed by atoms with E-state index in [-0.39, 0.29) is 21.1 Å². The van der Waals surface area contributed by atoms with Crippen LogP contribution >= 0.6 is 0 Å². The first-order valence-corrected chi connectivity index (χ1v) is 2.88. The van der Waals surface area contributed by atoms with Crippen LogP contribution in [0, 0.1) is 0 Å². The van der Waals surface area contributed by atoms with Crippen LogP contribution in [-0.4, -0.2) is 29.8 Å². The van der Waals surface area contributed by atoms with E-state index in [9.17, 15) is 0 Å². The summed E-state index contributed by atoms with van der Waals surface area (Å²) < 4.78 is 0. The summed E-state index contributed by atoms with van der Waals surface area (Å²) in [5.74, 6) is 0. The van der Waals surface area contributed by atoms with E-state index in [1.165, 1.54) is 19.8 Å². The van der Waals surface area contributed by atoms with Gasteiger partial charge in [-0.2, -0.15) is 0 Å². The van der Waals surface area contributed by atoms with E-state index in [2.05, 4.69) is 23.9 Å². The van der Waals surface area contributed by atoms with Crippen molar-refractivity contribution in [2.24, 2.45) is 0 Å². The zero-order chi connectivity index (χ0) is 5.28. The minimum Gasteiger partial charge on any atom is -0.225 e. The van der Waals surface area contributed by atoms with E-state index in [1.807, 2.05) is 0 Å². The van der Waals surface area contributed by atoms with Gasteiger partial charge in [-0.05, 0) is 0 Å². The molecule has 1 rings (SSSR count). The minimum atomic E-state index is 0. The third kappa shape index (κ3) is 1.85. The first-order chi connectivity index (χ1) is 3.38. The number of hydrazine groups is 1. The van der Waals surface area contributed by atoms with Crippen molar-refractivity contribution in [3.05, 3.63) is 0 Å². The van der Waals surface area contributed by atoms with Crippen molar-refractivity contribution in [1.82, 2.24) is 10.0 Å². The summed E-state index contributed by atoms with van der Waals surface area (Å²) in [7, 11) is 0. The molecule has 2 atom stereocenters. The number of rotatable bonds is 2. The van der Waals surface area contributed by atoms with Crippen molar-refractivity contribution in [2.45, 2.75) is 13.8 Å². The van der Waals surface area contributed by atoms with Gasteiger partial charge in [0.25, 0.3) is 0 Å². The van der Waals surface area contributed by atoms with Crippen molar-refractivity contribution in [1.29, 1.82) is 0 Å². The number of nitrogens with zero attached hydrogens (tertiary/aromatic N) is 2. The summed E-state index contributed by atoms with van der Waals surface area (Å²) in [4.78, 5) is 0. The van der Waals surface area contributed by atoms with E-state index in [1.54, 1.807) is 0 Å². The van der Waals surface area contributed by atoms with Crippen LogP contribution in [0.5, 0.6) is 0 Å². The molecule has 1 aliphatic heterocycles. The van der Waals surface area contributed by atoms with Crippen molar-refractivity contribution in [2.75, 3.05) is 19.8 Å². The second-order valence-electron chi connectivity index (χ2n) is 1.79. The van der Waals surface area contributed by atoms with Crippen LogP contribution in [-0.2, 0) is 21.1 Å². The smallest absolute Gasteiger partial charge is 0.225 e. The monoisotopic (exact) mass is 295 g/mol. The van der Waals surface area contributed by atoms with E-state index < -0.39 is 0 Å². The van der Waals surface area contributed by atoms with Gasteiger partial charge in [-0.25, -0.2) is 10.0 Å². The fraction of sp³-hybridized carbons (Fsp3) is 1.00. The van der Waals surface area contributed by atoms with E-state index >= 15 is 0 Å². The Kier molecular flexibility index (Phi) is 3.87. The molecule has 0 aliphatic carbocycles. The fourth-order valence-corrected chi connectivity index (χ4v) is 0.760. The molecule has 3 heteroatoms. The molecule has 0 saturated carbocycles. The number of hydrogen-bond donors (Lipinski definition) is 0. The first-order valence-electron chi connectivity index (χ1n) is 2.88. The standard InChI is InChI=1S/C5H12N2.Pt/c1-3-6-5-7(6)4-2;/h3-5H2,1-2H3;/q;+2. The van der Waals surface area contributed by atoms with Gasteiger partial charge in [0.1, 0.15) is 0 Å². The molecule has 1 heterocycles. The maximum absolute atomic E-state index is 2.31. The normalized spacial score (nSPS) is 33.8. The van der Waals surface area contributed by atoms with Gasteiger partial charge in [0.05, 0.1) is 6.67 Å². The molecule has 0 aromatic carbocycles. The largest absolute Gasteiger partial charge is 2.00 e. The predicted octanol–water partition coefficient (Wildman–Crippen LogP) is 0.514. The zero-order valence-electron chi connectivity index (χ0n) is 5.33. The van der Waals surface area contributed by atoms with Crippen LogP contribution in [0.2, 0.25) is 0 Å². The third-order valence-corrected chi connectivity index (χ3v) is 1.37. The quantitative estimate of drug-likeness (QED) is 0.685. The van der Waals surface area contributed by atoms with Gasteiger partial charge in [-0.3, -0.25) is 0 Å². The molecule has 0 radical (unpaired) electrons. The molecule has 1 saturated heterocycles. The summed E-state index contributed by atoms with van der Waals surface area (Å²) in [6.07, 6.45) is 0. The molecule has 2 unspecified atom stereocenters. The predicted molar refractivity (Wildman–Crippen MR) is 29.6 cm³/mol. The molecule has 50 valence electrons. The van der Waals surface area contributed by atoms with Gasteiger partial charge < -0.3 is 0 Å². The van der Waals surface area contributed by atoms with Crippen molar-refractivity contribution < 1.29 is 21.1 Å². The van der Waals surface area contributed by atoms with E-state index in [4.69, 9.17) is 0 Å². The Labute approximate surface area is 65.1 Å². The van der Waals surface area contributed by atoms with Gasteiger partial charge in [-0.1, -0.05) is 13.8 Å².